The van der Waals surface area contributed by atoms with Crippen molar-refractivity contribution in [3.63, 3.8) is 0 Å². The molecule has 1 aromatic heterocycles. The van der Waals surface area contributed by atoms with Gasteiger partial charge in [-0.05, 0) is 50.1 Å². The Balaban J connectivity index is 2.68. The van der Waals surface area contributed by atoms with Crippen LogP contribution < -0.4 is 10.0 Å². The van der Waals surface area contributed by atoms with Crippen LogP contribution in [0.4, 0.5) is 0 Å². The van der Waals surface area contributed by atoms with E-state index >= 15 is 0 Å². The standard InChI is InChI=1S/C15H28N2O3S2/c1-11(14(19-5)20-6)16-9-13(12-7-8-21-10-12)17-22(18)15(2,3)4/h7-8,10-11,13-14,16-17H,9H2,1-6H3. The fourth-order valence-electron chi connectivity index (χ4n) is 1.91. The molecule has 0 aliphatic rings. The summed E-state index contributed by atoms with van der Waals surface area (Å²) in [5.41, 5.74) is 1.13. The zero-order chi connectivity index (χ0) is 16.8. The highest BCUT2D eigenvalue weighted by atomic mass is 32.2. The number of ether oxygens (including phenoxy) is 2. The topological polar surface area (TPSA) is 65.6 Å². The lowest BCUT2D eigenvalue weighted by Crippen LogP contribution is -2.47. The molecule has 0 aliphatic carbocycles. The molecule has 1 rings (SSSR count). The molecule has 0 bridgehead atoms. The lowest BCUT2D eigenvalue weighted by atomic mass is 10.1. The molecule has 1 heterocycles. The molecule has 1 aromatic rings. The van der Waals surface area contributed by atoms with Crippen molar-refractivity contribution >= 4 is 22.7 Å². The first-order valence-electron chi connectivity index (χ1n) is 7.28. The molecule has 2 N–H and O–H groups in total. The summed E-state index contributed by atoms with van der Waals surface area (Å²) in [4.78, 5) is 0. The second-order valence-electron chi connectivity index (χ2n) is 6.14. The summed E-state index contributed by atoms with van der Waals surface area (Å²) in [6, 6.07) is 2.06. The van der Waals surface area contributed by atoms with Gasteiger partial charge in [0, 0.05) is 32.1 Å². The largest absolute Gasteiger partial charge is 0.598 e. The third-order valence-electron chi connectivity index (χ3n) is 3.27. The highest BCUT2D eigenvalue weighted by molar-refractivity contribution is 7.90. The molecule has 0 radical (unpaired) electrons. The predicted molar refractivity (Wildman–Crippen MR) is 93.4 cm³/mol. The normalized spacial score (nSPS) is 16.7. The van der Waals surface area contributed by atoms with Gasteiger partial charge in [-0.2, -0.15) is 11.3 Å². The molecular weight excluding hydrogens is 320 g/mol. The van der Waals surface area contributed by atoms with Gasteiger partial charge < -0.3 is 19.3 Å². The maximum Gasteiger partial charge on any atom is 0.171 e. The minimum atomic E-state index is -1.13. The smallest absolute Gasteiger partial charge is 0.171 e. The molecule has 3 unspecified atom stereocenters. The summed E-state index contributed by atoms with van der Waals surface area (Å²) in [7, 11) is 3.24. The minimum Gasteiger partial charge on any atom is -0.598 e. The van der Waals surface area contributed by atoms with Gasteiger partial charge >= 0.3 is 0 Å². The van der Waals surface area contributed by atoms with Crippen molar-refractivity contribution in [2.75, 3.05) is 20.8 Å². The molecule has 0 saturated heterocycles. The van der Waals surface area contributed by atoms with Crippen molar-refractivity contribution in [2.24, 2.45) is 0 Å². The van der Waals surface area contributed by atoms with Gasteiger partial charge in [0.25, 0.3) is 0 Å². The Morgan fingerprint density at radius 3 is 2.41 bits per heavy atom. The molecule has 7 heteroatoms. The lowest BCUT2D eigenvalue weighted by molar-refractivity contribution is -0.119. The number of rotatable bonds is 9. The Hall–Kier alpha value is -0.150. The van der Waals surface area contributed by atoms with E-state index in [4.69, 9.17) is 9.47 Å². The van der Waals surface area contributed by atoms with Gasteiger partial charge in [0.05, 0.1) is 12.1 Å². The van der Waals surface area contributed by atoms with Gasteiger partial charge in [0.15, 0.2) is 6.29 Å². The number of hydrogen-bond acceptors (Lipinski definition) is 6. The molecule has 128 valence electrons. The summed E-state index contributed by atoms with van der Waals surface area (Å²) < 4.78 is 25.8. The third kappa shape index (κ3) is 6.16. The van der Waals surface area contributed by atoms with Crippen molar-refractivity contribution in [1.29, 1.82) is 0 Å². The van der Waals surface area contributed by atoms with Gasteiger partial charge in [-0.25, -0.2) is 0 Å². The number of nitrogens with one attached hydrogen (secondary N) is 2. The zero-order valence-electron chi connectivity index (χ0n) is 14.2. The average molecular weight is 349 g/mol. The molecule has 0 aromatic carbocycles. The van der Waals surface area contributed by atoms with Crippen LogP contribution in [-0.4, -0.2) is 42.4 Å². The quantitative estimate of drug-likeness (QED) is 0.530. The van der Waals surface area contributed by atoms with Crippen molar-refractivity contribution in [3.8, 4) is 0 Å². The average Bonchev–Trinajstić information content (AvgIpc) is 2.97. The van der Waals surface area contributed by atoms with Crippen LogP contribution in [0, 0.1) is 0 Å². The summed E-state index contributed by atoms with van der Waals surface area (Å²) in [6.45, 7) is 8.53. The van der Waals surface area contributed by atoms with E-state index in [1.165, 1.54) is 0 Å². The van der Waals surface area contributed by atoms with Crippen molar-refractivity contribution < 1.29 is 14.0 Å². The molecule has 0 saturated carbocycles. The Labute approximate surface area is 141 Å². The summed E-state index contributed by atoms with van der Waals surface area (Å²) in [5, 5.41) is 7.49. The van der Waals surface area contributed by atoms with Gasteiger partial charge in [0.2, 0.25) is 0 Å². The second-order valence-corrected chi connectivity index (χ2v) is 8.92. The predicted octanol–water partition coefficient (Wildman–Crippen LogP) is 2.44. The molecule has 0 fully saturated rings. The van der Waals surface area contributed by atoms with Crippen molar-refractivity contribution in [3.05, 3.63) is 22.4 Å². The maximum atomic E-state index is 12.4. The van der Waals surface area contributed by atoms with E-state index in [1.54, 1.807) is 25.6 Å². The molecular formula is C15H28N2O3S2. The molecule has 0 spiro atoms. The Kier molecular flexibility index (Phi) is 8.34. The van der Waals surface area contributed by atoms with E-state index < -0.39 is 11.4 Å². The molecule has 22 heavy (non-hydrogen) atoms. The summed E-state index contributed by atoms with van der Waals surface area (Å²) in [5.74, 6) is 0. The first-order chi connectivity index (χ1) is 10.3. The van der Waals surface area contributed by atoms with Crippen LogP contribution >= 0.6 is 11.3 Å². The summed E-state index contributed by atoms with van der Waals surface area (Å²) >= 11 is 0.507. The maximum absolute atomic E-state index is 12.4. The zero-order valence-corrected chi connectivity index (χ0v) is 15.8. The third-order valence-corrected chi connectivity index (χ3v) is 5.58. The van der Waals surface area contributed by atoms with E-state index in [9.17, 15) is 4.55 Å². The van der Waals surface area contributed by atoms with Crippen LogP contribution in [0.25, 0.3) is 0 Å². The van der Waals surface area contributed by atoms with E-state index in [0.29, 0.717) is 6.54 Å². The van der Waals surface area contributed by atoms with Crippen LogP contribution in [-0.2, 0) is 20.8 Å². The van der Waals surface area contributed by atoms with Crippen LogP contribution in [0.15, 0.2) is 16.8 Å². The van der Waals surface area contributed by atoms with Crippen molar-refractivity contribution in [2.45, 2.75) is 50.8 Å². The van der Waals surface area contributed by atoms with Gasteiger partial charge in [-0.15, -0.1) is 4.72 Å². The molecule has 0 amide bonds. The Morgan fingerprint density at radius 1 is 1.32 bits per heavy atom. The minimum absolute atomic E-state index is 0.0249. The van der Waals surface area contributed by atoms with Crippen LogP contribution in [0.5, 0.6) is 0 Å². The van der Waals surface area contributed by atoms with Crippen molar-refractivity contribution in [1.82, 2.24) is 10.0 Å². The van der Waals surface area contributed by atoms with Gasteiger partial charge in [-0.3, -0.25) is 0 Å². The fraction of sp³-hybridized carbons (Fsp3) is 0.733. The Bertz CT molecular complexity index is 405. The second kappa shape index (κ2) is 9.22. The van der Waals surface area contributed by atoms with Gasteiger partial charge in [-0.1, -0.05) is 0 Å². The Morgan fingerprint density at radius 2 is 1.95 bits per heavy atom. The van der Waals surface area contributed by atoms with E-state index in [2.05, 4.69) is 21.5 Å². The van der Waals surface area contributed by atoms with E-state index in [-0.39, 0.29) is 23.1 Å². The number of methoxy groups -OCH3 is 2. The number of hydrogen-bond donors (Lipinski definition) is 2. The highest BCUT2D eigenvalue weighted by Crippen LogP contribution is 2.21. The highest BCUT2D eigenvalue weighted by Gasteiger charge is 2.30. The first-order valence-corrected chi connectivity index (χ1v) is 9.38. The van der Waals surface area contributed by atoms with Crippen LogP contribution in [0.1, 0.15) is 39.3 Å². The monoisotopic (exact) mass is 348 g/mol. The summed E-state index contributed by atoms with van der Waals surface area (Å²) in [6.07, 6.45) is -0.309. The first kappa shape index (κ1) is 19.9. The van der Waals surface area contributed by atoms with Crippen LogP contribution in [0.3, 0.4) is 0 Å². The van der Waals surface area contributed by atoms with Crippen LogP contribution in [0.2, 0.25) is 0 Å². The molecule has 3 atom stereocenters. The number of thiophene rings is 1. The SMILES string of the molecule is COC(OC)C(C)NCC(N[S+]([O-])C(C)(C)C)c1ccsc1. The fourth-order valence-corrected chi connectivity index (χ4v) is 3.46. The van der Waals surface area contributed by atoms with Gasteiger partial charge in [0.1, 0.15) is 4.75 Å². The van der Waals surface area contributed by atoms with E-state index in [1.807, 2.05) is 33.1 Å². The molecule has 5 nitrogen and oxygen atoms in total. The van der Waals surface area contributed by atoms with E-state index in [0.717, 1.165) is 5.56 Å². The molecule has 0 aliphatic heterocycles. The lowest BCUT2D eigenvalue weighted by Gasteiger charge is -2.29.